The Balaban J connectivity index is 0.000000732. The second-order valence-corrected chi connectivity index (χ2v) is 16.5. The molecular formula is C45H81N7O4. The SMILES string of the molecule is CC(C)(C)NCCCNCCCCNCCCN.CCCCN(CCCCN(CCCNC(C)(C)C)C(=O)OCc1ccccc1)C(=O)OCc1ccccc1. The molecule has 56 heavy (non-hydrogen) atoms. The molecule has 0 bridgehead atoms. The van der Waals surface area contributed by atoms with E-state index in [0.29, 0.717) is 26.2 Å². The normalized spacial score (nSPS) is 11.4. The average Bonchev–Trinajstić information content (AvgIpc) is 3.17. The van der Waals surface area contributed by atoms with E-state index in [0.717, 1.165) is 95.5 Å². The Bertz CT molecular complexity index is 1220. The van der Waals surface area contributed by atoms with Crippen molar-refractivity contribution in [2.75, 3.05) is 72.0 Å². The number of carbonyl (C=O) groups is 2. The summed E-state index contributed by atoms with van der Waals surface area (Å²) in [5, 5.41) is 13.8. The van der Waals surface area contributed by atoms with E-state index < -0.39 is 0 Å². The van der Waals surface area contributed by atoms with Crippen molar-refractivity contribution in [3.63, 3.8) is 0 Å². The van der Waals surface area contributed by atoms with Gasteiger partial charge in [-0.15, -0.1) is 0 Å². The standard InChI is InChI=1S/C31H47N3O4.C14H34N4/c1-5-6-21-33(29(35)37-25-27-16-9-7-10-17-27)22-13-14-23-34(24-15-20-32-31(2,3)4)30(36)38-26-28-18-11-8-12-19-28;1-14(2,3)18-13-7-12-17-10-5-4-9-16-11-6-8-15/h7-12,16-19,32H,5-6,13-15,20-26H2,1-4H3;16-18H,4-13,15H2,1-3H3. The Morgan fingerprint density at radius 2 is 0.929 bits per heavy atom. The van der Waals surface area contributed by atoms with Crippen molar-refractivity contribution < 1.29 is 19.1 Å². The smallest absolute Gasteiger partial charge is 0.410 e. The molecule has 0 saturated carbocycles. The highest BCUT2D eigenvalue weighted by Gasteiger charge is 2.18. The molecule has 2 aromatic rings. The quantitative estimate of drug-likeness (QED) is 0.0551. The van der Waals surface area contributed by atoms with Gasteiger partial charge < -0.3 is 46.3 Å². The first-order valence-corrected chi connectivity index (χ1v) is 21.4. The van der Waals surface area contributed by atoms with Crippen molar-refractivity contribution >= 4 is 12.2 Å². The minimum atomic E-state index is -0.297. The van der Waals surface area contributed by atoms with E-state index in [-0.39, 0.29) is 36.5 Å². The fourth-order valence-corrected chi connectivity index (χ4v) is 5.55. The summed E-state index contributed by atoms with van der Waals surface area (Å²) in [5.41, 5.74) is 7.65. The van der Waals surface area contributed by atoms with Gasteiger partial charge in [-0.25, -0.2) is 9.59 Å². The molecule has 0 spiro atoms. The largest absolute Gasteiger partial charge is 0.445 e. The summed E-state index contributed by atoms with van der Waals surface area (Å²) >= 11 is 0. The van der Waals surface area contributed by atoms with Crippen LogP contribution in [0, 0.1) is 0 Å². The van der Waals surface area contributed by atoms with Crippen LogP contribution in [0.25, 0.3) is 0 Å². The van der Waals surface area contributed by atoms with E-state index in [4.69, 9.17) is 15.2 Å². The molecular weight excluding hydrogens is 703 g/mol. The number of ether oxygens (including phenoxy) is 2. The maximum Gasteiger partial charge on any atom is 0.410 e. The first kappa shape index (κ1) is 50.8. The van der Waals surface area contributed by atoms with Crippen LogP contribution in [0.1, 0.15) is 117 Å². The number of hydrogen-bond donors (Lipinski definition) is 5. The topological polar surface area (TPSA) is 133 Å². The molecule has 0 aromatic heterocycles. The molecule has 6 N–H and O–H groups in total. The third kappa shape index (κ3) is 30.0. The zero-order chi connectivity index (χ0) is 41.3. The molecule has 0 aliphatic rings. The van der Waals surface area contributed by atoms with Crippen LogP contribution < -0.4 is 27.0 Å². The third-order valence-electron chi connectivity index (χ3n) is 8.77. The van der Waals surface area contributed by atoms with E-state index in [1.54, 1.807) is 9.80 Å². The minimum Gasteiger partial charge on any atom is -0.445 e. The predicted octanol–water partition coefficient (Wildman–Crippen LogP) is 7.70. The zero-order valence-electron chi connectivity index (χ0n) is 36.4. The van der Waals surface area contributed by atoms with Crippen LogP contribution >= 0.6 is 0 Å². The van der Waals surface area contributed by atoms with Gasteiger partial charge >= 0.3 is 12.2 Å². The molecule has 320 valence electrons. The Morgan fingerprint density at radius 3 is 1.36 bits per heavy atom. The van der Waals surface area contributed by atoms with Gasteiger partial charge in [0.15, 0.2) is 0 Å². The van der Waals surface area contributed by atoms with Gasteiger partial charge in [-0.1, -0.05) is 74.0 Å². The van der Waals surface area contributed by atoms with Gasteiger partial charge in [0.25, 0.3) is 0 Å². The monoisotopic (exact) mass is 784 g/mol. The number of nitrogens with zero attached hydrogens (tertiary/aromatic N) is 2. The predicted molar refractivity (Wildman–Crippen MR) is 234 cm³/mol. The van der Waals surface area contributed by atoms with Gasteiger partial charge in [0.2, 0.25) is 0 Å². The maximum atomic E-state index is 12.9. The summed E-state index contributed by atoms with van der Waals surface area (Å²) in [7, 11) is 0. The Hall–Kier alpha value is -3.22. The molecule has 2 aromatic carbocycles. The number of amides is 2. The molecule has 11 heteroatoms. The number of carbonyl (C=O) groups excluding carboxylic acids is 2. The van der Waals surface area contributed by atoms with Gasteiger partial charge in [0, 0.05) is 37.3 Å². The lowest BCUT2D eigenvalue weighted by Crippen LogP contribution is -2.39. The van der Waals surface area contributed by atoms with Crippen molar-refractivity contribution in [2.24, 2.45) is 5.73 Å². The molecule has 0 atom stereocenters. The van der Waals surface area contributed by atoms with Crippen LogP contribution in [0.15, 0.2) is 60.7 Å². The van der Waals surface area contributed by atoms with Gasteiger partial charge in [-0.3, -0.25) is 0 Å². The number of unbranched alkanes of at least 4 members (excludes halogenated alkanes) is 3. The number of nitrogens with one attached hydrogen (secondary N) is 4. The van der Waals surface area contributed by atoms with E-state index in [2.05, 4.69) is 69.7 Å². The molecule has 0 saturated heterocycles. The van der Waals surface area contributed by atoms with Crippen molar-refractivity contribution in [1.82, 2.24) is 31.1 Å². The first-order chi connectivity index (χ1) is 26.8. The van der Waals surface area contributed by atoms with Gasteiger partial charge in [-0.05, 0) is 150 Å². The van der Waals surface area contributed by atoms with Crippen molar-refractivity contribution in [2.45, 2.75) is 131 Å². The summed E-state index contributed by atoms with van der Waals surface area (Å²) in [6.07, 6.45) is 8.54. The van der Waals surface area contributed by atoms with E-state index in [9.17, 15) is 9.59 Å². The summed E-state index contributed by atoms with van der Waals surface area (Å²) < 4.78 is 11.2. The molecule has 2 rings (SSSR count). The number of rotatable bonds is 28. The molecule has 0 aliphatic heterocycles. The summed E-state index contributed by atoms with van der Waals surface area (Å²) in [6.45, 7) is 25.3. The van der Waals surface area contributed by atoms with Crippen molar-refractivity contribution in [3.05, 3.63) is 71.8 Å². The fraction of sp³-hybridized carbons (Fsp3) is 0.689. The third-order valence-corrected chi connectivity index (χ3v) is 8.77. The zero-order valence-corrected chi connectivity index (χ0v) is 36.4. The molecule has 2 amide bonds. The van der Waals surface area contributed by atoms with E-state index in [1.165, 1.54) is 19.3 Å². The minimum absolute atomic E-state index is 0.0374. The highest BCUT2D eigenvalue weighted by molar-refractivity contribution is 5.68. The lowest BCUT2D eigenvalue weighted by Gasteiger charge is -2.25. The average molecular weight is 784 g/mol. The highest BCUT2D eigenvalue weighted by atomic mass is 16.6. The van der Waals surface area contributed by atoms with E-state index in [1.807, 2.05) is 60.7 Å². The van der Waals surface area contributed by atoms with Gasteiger partial charge in [0.1, 0.15) is 13.2 Å². The summed E-state index contributed by atoms with van der Waals surface area (Å²) in [4.78, 5) is 29.2. The second kappa shape index (κ2) is 31.8. The van der Waals surface area contributed by atoms with E-state index >= 15 is 0 Å². The van der Waals surface area contributed by atoms with Crippen LogP contribution in [-0.4, -0.2) is 105 Å². The van der Waals surface area contributed by atoms with Crippen molar-refractivity contribution in [1.29, 1.82) is 0 Å². The fourth-order valence-electron chi connectivity index (χ4n) is 5.55. The van der Waals surface area contributed by atoms with Crippen LogP contribution in [-0.2, 0) is 22.7 Å². The highest BCUT2D eigenvalue weighted by Crippen LogP contribution is 2.10. The molecule has 11 nitrogen and oxygen atoms in total. The maximum absolute atomic E-state index is 12.9. The second-order valence-electron chi connectivity index (χ2n) is 16.5. The number of nitrogens with two attached hydrogens (primary N) is 1. The van der Waals surface area contributed by atoms with Crippen LogP contribution in [0.4, 0.5) is 9.59 Å². The molecule has 0 fully saturated rings. The lowest BCUT2D eigenvalue weighted by atomic mass is 10.1. The summed E-state index contributed by atoms with van der Waals surface area (Å²) in [5.74, 6) is 0. The molecule has 0 heterocycles. The molecule has 0 unspecified atom stereocenters. The molecule has 0 radical (unpaired) electrons. The first-order valence-electron chi connectivity index (χ1n) is 21.4. The number of benzene rings is 2. The Morgan fingerprint density at radius 1 is 0.536 bits per heavy atom. The molecule has 0 aliphatic carbocycles. The van der Waals surface area contributed by atoms with Gasteiger partial charge in [0.05, 0.1) is 0 Å². The van der Waals surface area contributed by atoms with Crippen molar-refractivity contribution in [3.8, 4) is 0 Å². The Kier molecular flexibility index (Phi) is 28.9. The van der Waals surface area contributed by atoms with Gasteiger partial charge in [-0.2, -0.15) is 0 Å². The number of hydrogen-bond acceptors (Lipinski definition) is 9. The van der Waals surface area contributed by atoms with Crippen LogP contribution in [0.2, 0.25) is 0 Å². The lowest BCUT2D eigenvalue weighted by molar-refractivity contribution is 0.0894. The van der Waals surface area contributed by atoms with Crippen LogP contribution in [0.5, 0.6) is 0 Å². The Labute approximate surface area is 341 Å². The van der Waals surface area contributed by atoms with Crippen LogP contribution in [0.3, 0.4) is 0 Å². The summed E-state index contributed by atoms with van der Waals surface area (Å²) in [6, 6.07) is 19.4.